The zero-order valence-electron chi connectivity index (χ0n) is 12.5. The Labute approximate surface area is 132 Å². The van der Waals surface area contributed by atoms with Crippen molar-refractivity contribution in [3.8, 4) is 0 Å². The van der Waals surface area contributed by atoms with Gasteiger partial charge in [-0.15, -0.1) is 0 Å². The highest BCUT2D eigenvalue weighted by molar-refractivity contribution is 7.99. The summed E-state index contributed by atoms with van der Waals surface area (Å²) >= 11 is 8.35. The molecule has 1 atom stereocenters. The van der Waals surface area contributed by atoms with Crippen LogP contribution in [0.1, 0.15) is 31.2 Å². The fraction of sp³-hybridized carbons (Fsp3) is 0.625. The minimum Gasteiger partial charge on any atom is -0.383 e. The molecule has 0 radical (unpaired) electrons. The molecule has 0 saturated carbocycles. The Bertz CT molecular complexity index is 350. The number of nitrogens with one attached hydrogen (secondary N) is 1. The zero-order valence-corrected chi connectivity index (χ0v) is 14.1. The molecule has 0 spiro atoms. The summed E-state index contributed by atoms with van der Waals surface area (Å²) in [6.07, 6.45) is 2.41. The summed E-state index contributed by atoms with van der Waals surface area (Å²) in [5.41, 5.74) is 1.26. The second-order valence-corrected chi connectivity index (χ2v) is 6.56. The van der Waals surface area contributed by atoms with Crippen molar-refractivity contribution in [2.24, 2.45) is 0 Å². The molecule has 0 heterocycles. The molecule has 0 aliphatic heterocycles. The Morgan fingerprint density at radius 2 is 2.15 bits per heavy atom. The third-order valence-corrected chi connectivity index (χ3v) is 4.59. The van der Waals surface area contributed by atoms with Gasteiger partial charge in [-0.1, -0.05) is 36.7 Å². The van der Waals surface area contributed by atoms with E-state index in [0.717, 1.165) is 24.7 Å². The Hall–Kier alpha value is -0.220. The number of rotatable bonds is 11. The number of benzene rings is 1. The van der Waals surface area contributed by atoms with Crippen molar-refractivity contribution in [3.63, 3.8) is 0 Å². The first-order valence-electron chi connectivity index (χ1n) is 7.31. The molecule has 1 N–H and O–H groups in total. The van der Waals surface area contributed by atoms with E-state index >= 15 is 0 Å². The quantitative estimate of drug-likeness (QED) is 0.619. The van der Waals surface area contributed by atoms with Gasteiger partial charge in [0.25, 0.3) is 0 Å². The van der Waals surface area contributed by atoms with Crippen molar-refractivity contribution >= 4 is 23.4 Å². The monoisotopic (exact) mass is 315 g/mol. The van der Waals surface area contributed by atoms with Crippen molar-refractivity contribution in [2.45, 2.75) is 25.7 Å². The van der Waals surface area contributed by atoms with Gasteiger partial charge >= 0.3 is 0 Å². The fourth-order valence-electron chi connectivity index (χ4n) is 2.20. The highest BCUT2D eigenvalue weighted by Crippen LogP contribution is 2.28. The first-order valence-corrected chi connectivity index (χ1v) is 8.84. The Kier molecular flexibility index (Phi) is 10.2. The van der Waals surface area contributed by atoms with Crippen molar-refractivity contribution in [1.82, 2.24) is 5.32 Å². The van der Waals surface area contributed by atoms with E-state index in [1.807, 2.05) is 23.9 Å². The lowest BCUT2D eigenvalue weighted by atomic mass is 9.94. The van der Waals surface area contributed by atoms with Crippen LogP contribution in [0.15, 0.2) is 24.3 Å². The second-order valence-electron chi connectivity index (χ2n) is 4.75. The molecular formula is C16H26ClNOS. The van der Waals surface area contributed by atoms with Crippen molar-refractivity contribution < 1.29 is 4.74 Å². The summed E-state index contributed by atoms with van der Waals surface area (Å²) < 4.78 is 5.07. The van der Waals surface area contributed by atoms with E-state index in [9.17, 15) is 0 Å². The van der Waals surface area contributed by atoms with Gasteiger partial charge in [0.1, 0.15) is 0 Å². The van der Waals surface area contributed by atoms with Crippen LogP contribution in [0, 0.1) is 0 Å². The number of thioether (sulfide) groups is 1. The molecule has 1 unspecified atom stereocenters. The van der Waals surface area contributed by atoms with Crippen molar-refractivity contribution in [3.05, 3.63) is 34.9 Å². The largest absolute Gasteiger partial charge is 0.383 e. The molecular weight excluding hydrogens is 290 g/mol. The smallest absolute Gasteiger partial charge is 0.0587 e. The minimum absolute atomic E-state index is 0.484. The highest BCUT2D eigenvalue weighted by atomic mass is 35.5. The lowest BCUT2D eigenvalue weighted by Gasteiger charge is -2.19. The first-order chi connectivity index (χ1) is 9.79. The molecule has 114 valence electrons. The summed E-state index contributed by atoms with van der Waals surface area (Å²) in [6.45, 7) is 4.81. The van der Waals surface area contributed by atoms with Crippen LogP contribution >= 0.6 is 23.4 Å². The maximum atomic E-state index is 6.34. The van der Waals surface area contributed by atoms with Gasteiger partial charge < -0.3 is 10.1 Å². The van der Waals surface area contributed by atoms with Crippen molar-refractivity contribution in [1.29, 1.82) is 0 Å². The van der Waals surface area contributed by atoms with Gasteiger partial charge in [-0.05, 0) is 41.9 Å². The molecule has 4 heteroatoms. The summed E-state index contributed by atoms with van der Waals surface area (Å²) in [7, 11) is 1.73. The van der Waals surface area contributed by atoms with Crippen LogP contribution in [-0.4, -0.2) is 38.3 Å². The maximum absolute atomic E-state index is 6.34. The molecule has 0 aromatic heterocycles. The summed E-state index contributed by atoms with van der Waals surface area (Å²) in [5, 5.41) is 4.35. The third-order valence-electron chi connectivity index (χ3n) is 3.26. The molecule has 0 fully saturated rings. The number of halogens is 1. The predicted molar refractivity (Wildman–Crippen MR) is 91.2 cm³/mol. The van der Waals surface area contributed by atoms with Gasteiger partial charge in [0.2, 0.25) is 0 Å². The average Bonchev–Trinajstić information content (AvgIpc) is 2.46. The molecule has 2 nitrogen and oxygen atoms in total. The molecule has 1 aromatic carbocycles. The van der Waals surface area contributed by atoms with Crippen LogP contribution in [0.3, 0.4) is 0 Å². The van der Waals surface area contributed by atoms with E-state index in [4.69, 9.17) is 16.3 Å². The molecule has 1 aromatic rings. The van der Waals surface area contributed by atoms with E-state index in [-0.39, 0.29) is 0 Å². The molecule has 0 bridgehead atoms. The van der Waals surface area contributed by atoms with Gasteiger partial charge in [-0.25, -0.2) is 0 Å². The minimum atomic E-state index is 0.484. The van der Waals surface area contributed by atoms with Gasteiger partial charge in [0, 0.05) is 25.2 Å². The number of methoxy groups -OCH3 is 1. The molecule has 20 heavy (non-hydrogen) atoms. The fourth-order valence-corrected chi connectivity index (χ4v) is 3.15. The molecule has 0 amide bonds. The van der Waals surface area contributed by atoms with Crippen molar-refractivity contribution in [2.75, 3.05) is 38.3 Å². The van der Waals surface area contributed by atoms with E-state index in [2.05, 4.69) is 24.4 Å². The number of hydrogen-bond acceptors (Lipinski definition) is 3. The van der Waals surface area contributed by atoms with E-state index in [1.54, 1.807) is 7.11 Å². The van der Waals surface area contributed by atoms with Gasteiger partial charge in [0.05, 0.1) is 6.61 Å². The van der Waals surface area contributed by atoms with E-state index in [1.165, 1.54) is 29.9 Å². The third kappa shape index (κ3) is 6.98. The molecule has 0 saturated heterocycles. The molecule has 1 rings (SSSR count). The molecule has 0 aliphatic rings. The molecule has 0 aliphatic carbocycles. The zero-order chi connectivity index (χ0) is 14.6. The summed E-state index contributed by atoms with van der Waals surface area (Å²) in [4.78, 5) is 0. The van der Waals surface area contributed by atoms with Crippen LogP contribution in [0.2, 0.25) is 5.02 Å². The van der Waals surface area contributed by atoms with Gasteiger partial charge in [0.15, 0.2) is 0 Å². The van der Waals surface area contributed by atoms with Crippen LogP contribution < -0.4 is 5.32 Å². The van der Waals surface area contributed by atoms with Crippen LogP contribution in [0.25, 0.3) is 0 Å². The highest BCUT2D eigenvalue weighted by Gasteiger charge is 2.13. The predicted octanol–water partition coefficient (Wildman–Crippen LogP) is 4.19. The van der Waals surface area contributed by atoms with Crippen LogP contribution in [0.4, 0.5) is 0 Å². The number of ether oxygens (including phenoxy) is 1. The van der Waals surface area contributed by atoms with Crippen LogP contribution in [-0.2, 0) is 4.74 Å². The van der Waals surface area contributed by atoms with Crippen LogP contribution in [0.5, 0.6) is 0 Å². The average molecular weight is 316 g/mol. The van der Waals surface area contributed by atoms with E-state index in [0.29, 0.717) is 5.92 Å². The Morgan fingerprint density at radius 3 is 2.85 bits per heavy atom. The number of hydrogen-bond donors (Lipinski definition) is 1. The lowest BCUT2D eigenvalue weighted by molar-refractivity contribution is 0.198. The van der Waals surface area contributed by atoms with Gasteiger partial charge in [-0.3, -0.25) is 0 Å². The normalized spacial score (nSPS) is 12.6. The SMILES string of the molecule is CCSCCCC(CNCCOC)c1ccccc1Cl. The van der Waals surface area contributed by atoms with E-state index < -0.39 is 0 Å². The Balaban J connectivity index is 2.52. The standard InChI is InChI=1S/C16H26ClNOS/c1-3-20-12-6-7-14(13-18-10-11-19-2)15-8-4-5-9-16(15)17/h4-5,8-9,14,18H,3,6-7,10-13H2,1-2H3. The summed E-state index contributed by atoms with van der Waals surface area (Å²) in [5.74, 6) is 2.91. The lowest BCUT2D eigenvalue weighted by Crippen LogP contribution is -2.25. The van der Waals surface area contributed by atoms with Gasteiger partial charge in [-0.2, -0.15) is 11.8 Å². The Morgan fingerprint density at radius 1 is 1.35 bits per heavy atom. The first kappa shape index (κ1) is 17.8. The topological polar surface area (TPSA) is 21.3 Å². The summed E-state index contributed by atoms with van der Waals surface area (Å²) in [6, 6.07) is 8.20. The second kappa shape index (κ2) is 11.4. The maximum Gasteiger partial charge on any atom is 0.0587 e.